The van der Waals surface area contributed by atoms with E-state index in [9.17, 15) is 9.59 Å². The van der Waals surface area contributed by atoms with Gasteiger partial charge in [0, 0.05) is 11.6 Å². The number of nitrogens with zero attached hydrogens (tertiary/aromatic N) is 3. The molecule has 0 fully saturated rings. The van der Waals surface area contributed by atoms with E-state index in [4.69, 9.17) is 0 Å². The van der Waals surface area contributed by atoms with E-state index in [0.29, 0.717) is 5.16 Å². The maximum absolute atomic E-state index is 11.8. The lowest BCUT2D eigenvalue weighted by Gasteiger charge is -2.09. The van der Waals surface area contributed by atoms with Crippen molar-refractivity contribution in [2.45, 2.75) is 25.9 Å². The number of carbonyl (C=O) groups is 2. The fourth-order valence-corrected chi connectivity index (χ4v) is 2.38. The molecule has 23 heavy (non-hydrogen) atoms. The van der Waals surface area contributed by atoms with E-state index in [1.165, 1.54) is 11.8 Å². The fourth-order valence-electron chi connectivity index (χ4n) is 1.65. The molecular weight excluding hydrogens is 314 g/mol. The lowest BCUT2D eigenvalue weighted by Crippen LogP contribution is -2.44. The number of hydrogen-bond donors (Lipinski definition) is 2. The van der Waals surface area contributed by atoms with Crippen LogP contribution < -0.4 is 10.9 Å². The molecule has 0 saturated carbocycles. The first-order chi connectivity index (χ1) is 11.0. The molecule has 0 unspecified atom stereocenters. The third-order valence-corrected chi connectivity index (χ3v) is 3.95. The van der Waals surface area contributed by atoms with Crippen LogP contribution in [-0.2, 0) is 9.59 Å². The molecule has 2 aromatic rings. The molecule has 0 saturated heterocycles. The molecule has 2 rings (SSSR count). The van der Waals surface area contributed by atoms with E-state index in [-0.39, 0.29) is 23.5 Å². The smallest absolute Gasteiger partial charge is 0.248 e. The zero-order chi connectivity index (χ0) is 16.8. The largest absolute Gasteiger partial charge is 0.277 e. The molecule has 0 aliphatic heterocycles. The fraction of sp³-hybridized carbons (Fsp3) is 0.333. The lowest BCUT2D eigenvalue weighted by molar-refractivity contribution is -0.129. The molecule has 1 aromatic carbocycles. The molecule has 7 nitrogen and oxygen atoms in total. The topological polar surface area (TPSA) is 88.9 Å². The summed E-state index contributed by atoms with van der Waals surface area (Å²) >= 11 is 1.25. The van der Waals surface area contributed by atoms with Gasteiger partial charge in [0.1, 0.15) is 6.33 Å². The summed E-state index contributed by atoms with van der Waals surface area (Å²) in [7, 11) is 0. The van der Waals surface area contributed by atoms with Gasteiger partial charge in [-0.2, -0.15) is 0 Å². The van der Waals surface area contributed by atoms with E-state index in [2.05, 4.69) is 21.0 Å². The molecule has 0 aliphatic carbocycles. The van der Waals surface area contributed by atoms with Gasteiger partial charge in [-0.3, -0.25) is 25.0 Å². The second-order valence-corrected chi connectivity index (χ2v) is 6.24. The highest BCUT2D eigenvalue weighted by molar-refractivity contribution is 7.99. The van der Waals surface area contributed by atoms with E-state index >= 15 is 0 Å². The number of thioether (sulfide) groups is 1. The molecule has 2 amide bonds. The van der Waals surface area contributed by atoms with Crippen molar-refractivity contribution in [2.75, 3.05) is 5.75 Å². The highest BCUT2D eigenvalue weighted by atomic mass is 32.2. The maximum atomic E-state index is 11.8. The maximum Gasteiger partial charge on any atom is 0.248 e. The quantitative estimate of drug-likeness (QED) is 0.639. The van der Waals surface area contributed by atoms with Crippen LogP contribution in [0.3, 0.4) is 0 Å². The van der Waals surface area contributed by atoms with Crippen LogP contribution in [0, 0.1) is 12.8 Å². The first kappa shape index (κ1) is 17.0. The minimum atomic E-state index is -0.303. The van der Waals surface area contributed by atoms with Gasteiger partial charge in [0.05, 0.1) is 5.75 Å². The van der Waals surface area contributed by atoms with Crippen LogP contribution in [0.1, 0.15) is 19.4 Å². The highest BCUT2D eigenvalue weighted by Crippen LogP contribution is 2.19. The predicted molar refractivity (Wildman–Crippen MR) is 87.9 cm³/mol. The summed E-state index contributed by atoms with van der Waals surface area (Å²) in [5, 5.41) is 8.52. The summed E-state index contributed by atoms with van der Waals surface area (Å²) in [5.41, 5.74) is 6.84. The number of amides is 2. The summed E-state index contributed by atoms with van der Waals surface area (Å²) in [4.78, 5) is 23.1. The van der Waals surface area contributed by atoms with E-state index in [0.717, 1.165) is 11.3 Å². The summed E-state index contributed by atoms with van der Waals surface area (Å²) in [6.45, 7) is 5.52. The van der Waals surface area contributed by atoms with Crippen molar-refractivity contribution >= 4 is 23.6 Å². The Morgan fingerprint density at radius 1 is 1.22 bits per heavy atom. The Morgan fingerprint density at radius 3 is 2.57 bits per heavy atom. The van der Waals surface area contributed by atoms with Gasteiger partial charge in [0.2, 0.25) is 11.8 Å². The van der Waals surface area contributed by atoms with Gasteiger partial charge in [0.15, 0.2) is 5.16 Å². The number of hydrogen-bond acceptors (Lipinski definition) is 5. The van der Waals surface area contributed by atoms with Crippen molar-refractivity contribution in [3.63, 3.8) is 0 Å². The number of nitrogens with one attached hydrogen (secondary N) is 2. The minimum absolute atomic E-state index is 0.128. The number of hydrazine groups is 1. The Labute approximate surface area is 138 Å². The zero-order valence-electron chi connectivity index (χ0n) is 13.2. The van der Waals surface area contributed by atoms with Crippen molar-refractivity contribution in [3.8, 4) is 5.69 Å². The second kappa shape index (κ2) is 7.77. The summed E-state index contributed by atoms with van der Waals surface area (Å²) < 4.78 is 1.81. The Bertz CT molecular complexity index is 681. The Morgan fingerprint density at radius 2 is 1.91 bits per heavy atom. The Hall–Kier alpha value is -2.35. The number of rotatable bonds is 5. The standard InChI is InChI=1S/C15H19N5O2S/c1-10(2)14(22)18-17-13(21)8-23-15-19-16-9-20(15)12-6-4-11(3)5-7-12/h4-7,9-10H,8H2,1-3H3,(H,17,21)(H,18,22). The van der Waals surface area contributed by atoms with Crippen molar-refractivity contribution in [2.24, 2.45) is 5.92 Å². The van der Waals surface area contributed by atoms with Crippen LogP contribution >= 0.6 is 11.8 Å². The van der Waals surface area contributed by atoms with E-state index in [1.807, 2.05) is 35.8 Å². The molecule has 122 valence electrons. The molecule has 0 aliphatic rings. The highest BCUT2D eigenvalue weighted by Gasteiger charge is 2.11. The average molecular weight is 333 g/mol. The zero-order valence-corrected chi connectivity index (χ0v) is 14.1. The van der Waals surface area contributed by atoms with Gasteiger partial charge in [-0.05, 0) is 19.1 Å². The van der Waals surface area contributed by atoms with Gasteiger partial charge in [-0.25, -0.2) is 0 Å². The average Bonchev–Trinajstić information content (AvgIpc) is 2.99. The van der Waals surface area contributed by atoms with Crippen LogP contribution in [0.25, 0.3) is 5.69 Å². The number of carbonyl (C=O) groups excluding carboxylic acids is 2. The van der Waals surface area contributed by atoms with Crippen molar-refractivity contribution < 1.29 is 9.59 Å². The molecule has 0 bridgehead atoms. The number of aryl methyl sites for hydroxylation is 1. The van der Waals surface area contributed by atoms with Crippen LogP contribution in [-0.4, -0.2) is 32.3 Å². The molecule has 2 N–H and O–H groups in total. The molecule has 1 aromatic heterocycles. The number of benzene rings is 1. The van der Waals surface area contributed by atoms with Crippen LogP contribution in [0.5, 0.6) is 0 Å². The van der Waals surface area contributed by atoms with Crippen LogP contribution in [0.4, 0.5) is 0 Å². The molecule has 8 heteroatoms. The molecule has 0 atom stereocenters. The third-order valence-electron chi connectivity index (χ3n) is 3.01. The molecule has 1 heterocycles. The summed E-state index contributed by atoms with van der Waals surface area (Å²) in [6, 6.07) is 7.92. The summed E-state index contributed by atoms with van der Waals surface area (Å²) in [5.74, 6) is -0.593. The van der Waals surface area contributed by atoms with Gasteiger partial charge >= 0.3 is 0 Å². The van der Waals surface area contributed by atoms with Gasteiger partial charge in [-0.15, -0.1) is 10.2 Å². The predicted octanol–water partition coefficient (Wildman–Crippen LogP) is 1.47. The van der Waals surface area contributed by atoms with Gasteiger partial charge < -0.3 is 0 Å². The third kappa shape index (κ3) is 4.82. The lowest BCUT2D eigenvalue weighted by atomic mass is 10.2. The minimum Gasteiger partial charge on any atom is -0.277 e. The Kier molecular flexibility index (Phi) is 5.75. The van der Waals surface area contributed by atoms with Crippen LogP contribution in [0.15, 0.2) is 35.7 Å². The Balaban J connectivity index is 1.92. The van der Waals surface area contributed by atoms with Gasteiger partial charge in [-0.1, -0.05) is 43.3 Å². The van der Waals surface area contributed by atoms with Crippen molar-refractivity contribution in [1.29, 1.82) is 0 Å². The first-order valence-electron chi connectivity index (χ1n) is 7.16. The second-order valence-electron chi connectivity index (χ2n) is 5.30. The van der Waals surface area contributed by atoms with Crippen molar-refractivity contribution in [3.05, 3.63) is 36.2 Å². The van der Waals surface area contributed by atoms with Crippen LogP contribution in [0.2, 0.25) is 0 Å². The van der Waals surface area contributed by atoms with E-state index < -0.39 is 0 Å². The summed E-state index contributed by atoms with van der Waals surface area (Å²) in [6.07, 6.45) is 1.60. The number of aromatic nitrogens is 3. The van der Waals surface area contributed by atoms with E-state index in [1.54, 1.807) is 20.2 Å². The SMILES string of the molecule is Cc1ccc(-n2cnnc2SCC(=O)NNC(=O)C(C)C)cc1. The monoisotopic (exact) mass is 333 g/mol. The normalized spacial score (nSPS) is 10.6. The molecule has 0 radical (unpaired) electrons. The molecular formula is C15H19N5O2S. The van der Waals surface area contributed by atoms with Gasteiger partial charge in [0.25, 0.3) is 0 Å². The first-order valence-corrected chi connectivity index (χ1v) is 8.14. The molecule has 0 spiro atoms. The van der Waals surface area contributed by atoms with Crippen molar-refractivity contribution in [1.82, 2.24) is 25.6 Å².